The van der Waals surface area contributed by atoms with Crippen LogP contribution in [0.3, 0.4) is 0 Å². The molecule has 0 bridgehead atoms. The number of fused-ring (bicyclic) bond motifs is 1. The number of benzene rings is 1. The van der Waals surface area contributed by atoms with Crippen LogP contribution in [-0.2, 0) is 6.54 Å². The Kier molecular flexibility index (Phi) is 3.59. The molecule has 0 spiro atoms. The summed E-state index contributed by atoms with van der Waals surface area (Å²) in [6, 6.07) is 9.93. The van der Waals surface area contributed by atoms with Gasteiger partial charge in [-0.3, -0.25) is 9.55 Å². The van der Waals surface area contributed by atoms with Crippen molar-refractivity contribution in [2.24, 2.45) is 0 Å². The summed E-state index contributed by atoms with van der Waals surface area (Å²) in [5.41, 5.74) is 3.28. The summed E-state index contributed by atoms with van der Waals surface area (Å²) in [6.07, 6.45) is 1.77. The number of pyridine rings is 1. The molecule has 5 heteroatoms. The van der Waals surface area contributed by atoms with E-state index in [0.29, 0.717) is 12.2 Å². The van der Waals surface area contributed by atoms with Crippen LogP contribution in [-0.4, -0.2) is 14.5 Å². The molecule has 0 saturated heterocycles. The number of aromatic nitrogens is 3. The zero-order valence-electron chi connectivity index (χ0n) is 11.8. The highest BCUT2D eigenvalue weighted by atomic mass is 79.9. The minimum atomic E-state index is -0.235. The predicted molar refractivity (Wildman–Crippen MR) is 86.5 cm³/mol. The Bertz CT molecular complexity index is 881. The Morgan fingerprint density at radius 1 is 1.19 bits per heavy atom. The topological polar surface area (TPSA) is 47.8 Å². The fourth-order valence-corrected chi connectivity index (χ4v) is 2.73. The van der Waals surface area contributed by atoms with Gasteiger partial charge in [-0.05, 0) is 41.4 Å². The van der Waals surface area contributed by atoms with Crippen LogP contribution >= 0.6 is 15.9 Å². The van der Waals surface area contributed by atoms with Gasteiger partial charge in [-0.1, -0.05) is 24.3 Å². The number of para-hydroxylation sites is 1. The monoisotopic (exact) mass is 343 g/mol. The molecule has 0 aliphatic rings. The van der Waals surface area contributed by atoms with E-state index < -0.39 is 0 Å². The Morgan fingerprint density at radius 3 is 2.76 bits per heavy atom. The van der Waals surface area contributed by atoms with Crippen molar-refractivity contribution in [2.75, 3.05) is 0 Å². The van der Waals surface area contributed by atoms with Gasteiger partial charge in [0.25, 0.3) is 0 Å². The van der Waals surface area contributed by atoms with Gasteiger partial charge >= 0.3 is 5.69 Å². The molecule has 106 valence electrons. The van der Waals surface area contributed by atoms with Crippen LogP contribution in [0.4, 0.5) is 0 Å². The van der Waals surface area contributed by atoms with Gasteiger partial charge in [-0.25, -0.2) is 4.79 Å². The molecule has 0 aliphatic heterocycles. The van der Waals surface area contributed by atoms with Gasteiger partial charge in [0, 0.05) is 17.3 Å². The summed E-state index contributed by atoms with van der Waals surface area (Å²) in [7, 11) is 0. The molecule has 0 N–H and O–H groups in total. The van der Waals surface area contributed by atoms with Crippen LogP contribution in [0.15, 0.2) is 45.8 Å². The molecule has 0 aliphatic carbocycles. The summed E-state index contributed by atoms with van der Waals surface area (Å²) in [4.78, 5) is 20.6. The zero-order chi connectivity index (χ0) is 15.0. The van der Waals surface area contributed by atoms with Crippen LogP contribution in [0, 0.1) is 13.8 Å². The van der Waals surface area contributed by atoms with E-state index in [2.05, 4.69) is 25.9 Å². The van der Waals surface area contributed by atoms with Crippen molar-refractivity contribution < 1.29 is 0 Å². The van der Waals surface area contributed by atoms with Crippen molar-refractivity contribution in [1.29, 1.82) is 0 Å². The Morgan fingerprint density at radius 2 is 1.95 bits per heavy atom. The molecule has 3 rings (SSSR count). The Labute approximate surface area is 130 Å². The number of hydrogen-bond acceptors (Lipinski definition) is 3. The number of aryl methyl sites for hydroxylation is 1. The van der Waals surface area contributed by atoms with Gasteiger partial charge in [0.15, 0.2) is 0 Å². The van der Waals surface area contributed by atoms with Crippen molar-refractivity contribution in [3.8, 4) is 0 Å². The number of nitrogens with zero attached hydrogens (tertiary/aromatic N) is 3. The third-order valence-electron chi connectivity index (χ3n) is 3.58. The first-order valence-corrected chi connectivity index (χ1v) is 7.43. The van der Waals surface area contributed by atoms with Crippen molar-refractivity contribution in [3.63, 3.8) is 0 Å². The summed E-state index contributed by atoms with van der Waals surface area (Å²) in [6.45, 7) is 4.20. The maximum atomic E-state index is 12.2. The highest BCUT2D eigenvalue weighted by Gasteiger charge is 2.11. The SMILES string of the molecule is Cc1nc(=O)n(Cc2cccc3cccnc23)c(C)c1Br. The Hall–Kier alpha value is -2.01. The Balaban J connectivity index is 2.16. The molecule has 2 heterocycles. The summed E-state index contributed by atoms with van der Waals surface area (Å²) >= 11 is 3.49. The molecule has 0 radical (unpaired) electrons. The average Bonchev–Trinajstić information content (AvgIpc) is 2.49. The zero-order valence-corrected chi connectivity index (χ0v) is 13.4. The smallest absolute Gasteiger partial charge is 0.291 e. The highest BCUT2D eigenvalue weighted by molar-refractivity contribution is 9.10. The molecular formula is C16H14BrN3O. The van der Waals surface area contributed by atoms with E-state index in [0.717, 1.165) is 26.6 Å². The molecule has 2 aromatic heterocycles. The normalized spacial score (nSPS) is 11.0. The molecule has 0 fully saturated rings. The van der Waals surface area contributed by atoms with Crippen LogP contribution in [0.2, 0.25) is 0 Å². The summed E-state index contributed by atoms with van der Waals surface area (Å²) in [5.74, 6) is 0. The molecule has 0 atom stereocenters. The second kappa shape index (κ2) is 5.41. The molecule has 21 heavy (non-hydrogen) atoms. The van der Waals surface area contributed by atoms with E-state index >= 15 is 0 Å². The van der Waals surface area contributed by atoms with Gasteiger partial charge in [-0.2, -0.15) is 4.98 Å². The summed E-state index contributed by atoms with van der Waals surface area (Å²) in [5, 5.41) is 1.07. The maximum absolute atomic E-state index is 12.2. The van der Waals surface area contributed by atoms with Gasteiger partial charge in [0.05, 0.1) is 22.2 Å². The number of halogens is 1. The molecular weight excluding hydrogens is 330 g/mol. The third kappa shape index (κ3) is 2.49. The van der Waals surface area contributed by atoms with Gasteiger partial charge in [-0.15, -0.1) is 0 Å². The largest absolute Gasteiger partial charge is 0.348 e. The molecule has 1 aromatic carbocycles. The van der Waals surface area contributed by atoms with E-state index in [1.807, 2.05) is 44.2 Å². The first kappa shape index (κ1) is 13.9. The van der Waals surface area contributed by atoms with Crippen LogP contribution in [0.5, 0.6) is 0 Å². The number of rotatable bonds is 2. The van der Waals surface area contributed by atoms with Crippen LogP contribution in [0.1, 0.15) is 17.0 Å². The molecule has 0 amide bonds. The lowest BCUT2D eigenvalue weighted by atomic mass is 10.1. The second-order valence-electron chi connectivity index (χ2n) is 4.96. The third-order valence-corrected chi connectivity index (χ3v) is 4.73. The van der Waals surface area contributed by atoms with E-state index in [1.54, 1.807) is 10.8 Å². The minimum Gasteiger partial charge on any atom is -0.291 e. The molecule has 0 unspecified atom stereocenters. The molecule has 3 aromatic rings. The van der Waals surface area contributed by atoms with Crippen molar-refractivity contribution in [2.45, 2.75) is 20.4 Å². The van der Waals surface area contributed by atoms with Gasteiger partial charge < -0.3 is 0 Å². The number of hydrogen-bond donors (Lipinski definition) is 0. The van der Waals surface area contributed by atoms with Crippen LogP contribution < -0.4 is 5.69 Å². The first-order chi connectivity index (χ1) is 10.1. The average molecular weight is 344 g/mol. The highest BCUT2D eigenvalue weighted by Crippen LogP contribution is 2.20. The van der Waals surface area contributed by atoms with Crippen LogP contribution in [0.25, 0.3) is 10.9 Å². The van der Waals surface area contributed by atoms with Crippen molar-refractivity contribution in [3.05, 3.63) is 68.4 Å². The first-order valence-electron chi connectivity index (χ1n) is 6.64. The van der Waals surface area contributed by atoms with Gasteiger partial charge in [0.1, 0.15) is 0 Å². The van der Waals surface area contributed by atoms with E-state index in [-0.39, 0.29) is 5.69 Å². The minimum absolute atomic E-state index is 0.235. The van der Waals surface area contributed by atoms with E-state index in [9.17, 15) is 4.79 Å². The summed E-state index contributed by atoms with van der Waals surface area (Å²) < 4.78 is 2.54. The molecule has 0 saturated carbocycles. The lowest BCUT2D eigenvalue weighted by Crippen LogP contribution is -2.27. The van der Waals surface area contributed by atoms with Crippen molar-refractivity contribution in [1.82, 2.24) is 14.5 Å². The molecule has 4 nitrogen and oxygen atoms in total. The fourth-order valence-electron chi connectivity index (χ4n) is 2.43. The van der Waals surface area contributed by atoms with E-state index in [4.69, 9.17) is 0 Å². The predicted octanol–water partition coefficient (Wildman–Crippen LogP) is 3.22. The van der Waals surface area contributed by atoms with E-state index in [1.165, 1.54) is 0 Å². The lowest BCUT2D eigenvalue weighted by Gasteiger charge is -2.13. The van der Waals surface area contributed by atoms with Crippen molar-refractivity contribution >= 4 is 26.8 Å². The van der Waals surface area contributed by atoms with Gasteiger partial charge in [0.2, 0.25) is 0 Å². The quantitative estimate of drug-likeness (QED) is 0.717. The second-order valence-corrected chi connectivity index (χ2v) is 5.75. The standard InChI is InChI=1S/C16H14BrN3O/c1-10-14(17)11(2)20(16(21)19-10)9-13-6-3-5-12-7-4-8-18-15(12)13/h3-8H,9H2,1-2H3. The fraction of sp³-hybridized carbons (Fsp3) is 0.188. The maximum Gasteiger partial charge on any atom is 0.348 e. The lowest BCUT2D eigenvalue weighted by molar-refractivity contribution is 0.691.